The predicted octanol–water partition coefficient (Wildman–Crippen LogP) is 1.34. The van der Waals surface area contributed by atoms with Gasteiger partial charge in [-0.1, -0.05) is 0 Å². The third kappa shape index (κ3) is 5.00. The van der Waals surface area contributed by atoms with Gasteiger partial charge < -0.3 is 14.8 Å². The van der Waals surface area contributed by atoms with Gasteiger partial charge in [-0.15, -0.1) is 0 Å². The van der Waals surface area contributed by atoms with E-state index in [1.807, 2.05) is 17.7 Å². The van der Waals surface area contributed by atoms with E-state index in [4.69, 9.17) is 9.47 Å². The van der Waals surface area contributed by atoms with E-state index in [0.717, 1.165) is 11.1 Å². The topological polar surface area (TPSA) is 81.7 Å². The predicted molar refractivity (Wildman–Crippen MR) is 73.2 cm³/mol. The van der Waals surface area contributed by atoms with Gasteiger partial charge in [-0.2, -0.15) is 11.3 Å². The van der Waals surface area contributed by atoms with Crippen molar-refractivity contribution in [3.8, 4) is 0 Å². The van der Waals surface area contributed by atoms with Crippen LogP contribution in [0.15, 0.2) is 10.8 Å². The molecule has 0 saturated carbocycles. The molecule has 7 heteroatoms. The molecule has 20 heavy (non-hydrogen) atoms. The largest absolute Gasteiger partial charge is 0.466 e. The summed E-state index contributed by atoms with van der Waals surface area (Å²) in [4.78, 5) is 33.3. The number of aryl methyl sites for hydroxylation is 1. The summed E-state index contributed by atoms with van der Waals surface area (Å²) in [5.74, 6) is -1.05. The fourth-order valence-electron chi connectivity index (χ4n) is 1.66. The Morgan fingerprint density at radius 2 is 2.20 bits per heavy atom. The summed E-state index contributed by atoms with van der Waals surface area (Å²) in [5.41, 5.74) is 1.86. The zero-order valence-corrected chi connectivity index (χ0v) is 12.2. The van der Waals surface area contributed by atoms with Crippen LogP contribution in [0.4, 0.5) is 0 Å². The van der Waals surface area contributed by atoms with Gasteiger partial charge in [-0.05, 0) is 35.7 Å². The van der Waals surface area contributed by atoms with Gasteiger partial charge in [-0.3, -0.25) is 14.4 Å². The third-order valence-corrected chi connectivity index (χ3v) is 3.43. The van der Waals surface area contributed by atoms with E-state index < -0.39 is 17.9 Å². The molecule has 1 rings (SSSR count). The number of hydrogen-bond acceptors (Lipinski definition) is 6. The third-order valence-electron chi connectivity index (χ3n) is 2.55. The Labute approximate surface area is 121 Å². The first-order valence-electron chi connectivity index (χ1n) is 6.11. The van der Waals surface area contributed by atoms with Crippen LogP contribution in [-0.4, -0.2) is 31.6 Å². The summed E-state index contributed by atoms with van der Waals surface area (Å²) in [6.45, 7) is 4.15. The molecule has 1 heterocycles. The van der Waals surface area contributed by atoms with Gasteiger partial charge in [0.05, 0.1) is 12.6 Å². The molecular weight excluding hydrogens is 282 g/mol. The average molecular weight is 299 g/mol. The Bertz CT molecular complexity index is 471. The zero-order chi connectivity index (χ0) is 15.0. The second-order valence-corrected chi connectivity index (χ2v) is 4.79. The molecule has 0 spiro atoms. The molecule has 0 bridgehead atoms. The normalized spacial score (nSPS) is 11.5. The van der Waals surface area contributed by atoms with E-state index in [0.29, 0.717) is 6.47 Å². The van der Waals surface area contributed by atoms with Crippen LogP contribution >= 0.6 is 11.3 Å². The molecular formula is C13H17NO5S. The molecule has 1 atom stereocenters. The molecule has 1 unspecified atom stereocenters. The number of esters is 1. The van der Waals surface area contributed by atoms with Crippen molar-refractivity contribution in [2.24, 2.45) is 0 Å². The summed E-state index contributed by atoms with van der Waals surface area (Å²) in [6.07, 6.45) is -0.353. The van der Waals surface area contributed by atoms with Crippen LogP contribution in [0.3, 0.4) is 0 Å². The van der Waals surface area contributed by atoms with Crippen molar-refractivity contribution in [1.82, 2.24) is 5.32 Å². The van der Waals surface area contributed by atoms with E-state index in [-0.39, 0.29) is 19.6 Å². The highest BCUT2D eigenvalue weighted by Crippen LogP contribution is 2.22. The Morgan fingerprint density at radius 3 is 2.75 bits per heavy atom. The number of hydrogen-bond donors (Lipinski definition) is 1. The van der Waals surface area contributed by atoms with Crippen molar-refractivity contribution < 1.29 is 23.9 Å². The number of thiophene rings is 1. The number of ether oxygens (including phenoxy) is 2. The Balaban J connectivity index is 2.65. The maximum atomic E-state index is 11.8. The standard InChI is InChI=1S/C13H17NO5S/c1-3-19-13(17)4-12(16)14-11(5-18-8-15)10-7-20-6-9(10)2/h6-8,11H,3-5H2,1-2H3,(H,14,16). The molecule has 1 amide bonds. The molecule has 6 nitrogen and oxygen atoms in total. The van der Waals surface area contributed by atoms with Gasteiger partial charge >= 0.3 is 5.97 Å². The van der Waals surface area contributed by atoms with Crippen molar-refractivity contribution in [2.45, 2.75) is 26.3 Å². The fraction of sp³-hybridized carbons (Fsp3) is 0.462. The highest BCUT2D eigenvalue weighted by Gasteiger charge is 2.19. The molecule has 0 radical (unpaired) electrons. The molecule has 1 aromatic heterocycles. The van der Waals surface area contributed by atoms with Crippen LogP contribution in [0, 0.1) is 6.92 Å². The summed E-state index contributed by atoms with van der Waals surface area (Å²) >= 11 is 1.49. The number of nitrogens with one attached hydrogen (secondary N) is 1. The van der Waals surface area contributed by atoms with Crippen LogP contribution < -0.4 is 5.32 Å². The number of carbonyl (C=O) groups is 3. The molecule has 0 fully saturated rings. The lowest BCUT2D eigenvalue weighted by atomic mass is 10.1. The molecule has 0 aliphatic carbocycles. The van der Waals surface area contributed by atoms with E-state index in [1.54, 1.807) is 6.92 Å². The minimum absolute atomic E-state index is 0.0235. The van der Waals surface area contributed by atoms with Crippen LogP contribution in [-0.2, 0) is 23.9 Å². The molecule has 110 valence electrons. The minimum Gasteiger partial charge on any atom is -0.466 e. The Morgan fingerprint density at radius 1 is 1.45 bits per heavy atom. The van der Waals surface area contributed by atoms with Crippen molar-refractivity contribution in [2.75, 3.05) is 13.2 Å². The SMILES string of the molecule is CCOC(=O)CC(=O)NC(COC=O)c1cscc1C. The minimum atomic E-state index is -0.581. The monoisotopic (exact) mass is 299 g/mol. The van der Waals surface area contributed by atoms with E-state index >= 15 is 0 Å². The summed E-state index contributed by atoms with van der Waals surface area (Å²) in [7, 11) is 0. The highest BCUT2D eigenvalue weighted by atomic mass is 32.1. The highest BCUT2D eigenvalue weighted by molar-refractivity contribution is 7.08. The second-order valence-electron chi connectivity index (χ2n) is 4.04. The van der Waals surface area contributed by atoms with Crippen LogP contribution in [0.1, 0.15) is 30.5 Å². The van der Waals surface area contributed by atoms with Crippen molar-refractivity contribution in [3.63, 3.8) is 0 Å². The Hall–Kier alpha value is -1.89. The summed E-state index contributed by atoms with van der Waals surface area (Å²) in [5, 5.41) is 6.47. The number of carbonyl (C=O) groups excluding carboxylic acids is 3. The van der Waals surface area contributed by atoms with Crippen LogP contribution in [0.5, 0.6) is 0 Å². The van der Waals surface area contributed by atoms with Crippen LogP contribution in [0.2, 0.25) is 0 Å². The lowest BCUT2D eigenvalue weighted by Crippen LogP contribution is -2.33. The molecule has 0 aromatic carbocycles. The molecule has 1 N–H and O–H groups in total. The van der Waals surface area contributed by atoms with Crippen molar-refractivity contribution in [3.05, 3.63) is 21.9 Å². The van der Waals surface area contributed by atoms with Crippen LogP contribution in [0.25, 0.3) is 0 Å². The maximum Gasteiger partial charge on any atom is 0.315 e. The number of rotatable bonds is 8. The molecule has 0 aliphatic rings. The fourth-order valence-corrected chi connectivity index (χ4v) is 2.57. The summed E-state index contributed by atoms with van der Waals surface area (Å²) < 4.78 is 9.43. The first kappa shape index (κ1) is 16.2. The van der Waals surface area contributed by atoms with E-state index in [2.05, 4.69) is 5.32 Å². The maximum absolute atomic E-state index is 11.8. The Kier molecular flexibility index (Phi) is 6.72. The first-order valence-corrected chi connectivity index (χ1v) is 7.05. The van der Waals surface area contributed by atoms with Crippen molar-refractivity contribution in [1.29, 1.82) is 0 Å². The zero-order valence-electron chi connectivity index (χ0n) is 11.4. The quantitative estimate of drug-likeness (QED) is 0.445. The lowest BCUT2D eigenvalue weighted by Gasteiger charge is -2.17. The second kappa shape index (κ2) is 8.31. The van der Waals surface area contributed by atoms with Gasteiger partial charge in [0, 0.05) is 0 Å². The van der Waals surface area contributed by atoms with Gasteiger partial charge in [0.15, 0.2) is 0 Å². The van der Waals surface area contributed by atoms with Gasteiger partial charge in [0.25, 0.3) is 6.47 Å². The smallest absolute Gasteiger partial charge is 0.315 e. The van der Waals surface area contributed by atoms with E-state index in [9.17, 15) is 14.4 Å². The molecule has 1 aromatic rings. The lowest BCUT2D eigenvalue weighted by molar-refractivity contribution is -0.146. The number of amides is 1. The molecule has 0 saturated heterocycles. The van der Waals surface area contributed by atoms with Gasteiger partial charge in [0.2, 0.25) is 5.91 Å². The van der Waals surface area contributed by atoms with Gasteiger partial charge in [0.1, 0.15) is 13.0 Å². The van der Waals surface area contributed by atoms with E-state index in [1.165, 1.54) is 11.3 Å². The summed E-state index contributed by atoms with van der Waals surface area (Å²) in [6, 6.07) is -0.464. The van der Waals surface area contributed by atoms with Crippen molar-refractivity contribution >= 4 is 29.7 Å². The average Bonchev–Trinajstić information content (AvgIpc) is 2.81. The molecule has 0 aliphatic heterocycles. The first-order chi connectivity index (χ1) is 9.58. The van der Waals surface area contributed by atoms with Gasteiger partial charge in [-0.25, -0.2) is 0 Å².